The van der Waals surface area contributed by atoms with Crippen LogP contribution in [0.2, 0.25) is 5.02 Å². The first-order chi connectivity index (χ1) is 13.7. The van der Waals surface area contributed by atoms with Crippen LogP contribution in [0.4, 0.5) is 5.82 Å². The van der Waals surface area contributed by atoms with Crippen LogP contribution in [0.1, 0.15) is 28.8 Å². The van der Waals surface area contributed by atoms with E-state index in [1.165, 1.54) is 12.8 Å². The van der Waals surface area contributed by atoms with Crippen LogP contribution in [-0.2, 0) is 6.54 Å². The molecule has 0 atom stereocenters. The zero-order chi connectivity index (χ0) is 19.3. The summed E-state index contributed by atoms with van der Waals surface area (Å²) >= 11 is 5.88. The van der Waals surface area contributed by atoms with Gasteiger partial charge in [0.25, 0.3) is 5.91 Å². The molecule has 142 valence electrons. The second kappa shape index (κ2) is 8.40. The van der Waals surface area contributed by atoms with Crippen LogP contribution < -0.4 is 10.2 Å². The van der Waals surface area contributed by atoms with Crippen LogP contribution in [0.25, 0.3) is 11.3 Å². The fourth-order valence-electron chi connectivity index (χ4n) is 3.30. The number of halogens is 1. The Balaban J connectivity index is 1.42. The predicted molar refractivity (Wildman–Crippen MR) is 112 cm³/mol. The second-order valence-corrected chi connectivity index (χ2v) is 7.28. The van der Waals surface area contributed by atoms with Gasteiger partial charge in [0.15, 0.2) is 0 Å². The highest BCUT2D eigenvalue weighted by Crippen LogP contribution is 2.23. The Bertz CT molecular complexity index is 951. The van der Waals surface area contributed by atoms with E-state index in [0.29, 0.717) is 17.1 Å². The molecule has 1 saturated heterocycles. The van der Waals surface area contributed by atoms with Gasteiger partial charge in [-0.05, 0) is 42.7 Å². The van der Waals surface area contributed by atoms with Crippen LogP contribution in [0.15, 0.2) is 60.9 Å². The van der Waals surface area contributed by atoms with Crippen molar-refractivity contribution in [1.29, 1.82) is 0 Å². The first-order valence-corrected chi connectivity index (χ1v) is 9.77. The van der Waals surface area contributed by atoms with E-state index in [9.17, 15) is 4.79 Å². The van der Waals surface area contributed by atoms with Crippen molar-refractivity contribution in [3.63, 3.8) is 0 Å². The van der Waals surface area contributed by atoms with Gasteiger partial charge < -0.3 is 10.2 Å². The molecule has 0 unspecified atom stereocenters. The van der Waals surface area contributed by atoms with Gasteiger partial charge in [-0.2, -0.15) is 0 Å². The highest BCUT2D eigenvalue weighted by atomic mass is 35.5. The van der Waals surface area contributed by atoms with E-state index < -0.39 is 0 Å². The Morgan fingerprint density at radius 3 is 2.43 bits per heavy atom. The molecule has 0 radical (unpaired) electrons. The summed E-state index contributed by atoms with van der Waals surface area (Å²) in [5.74, 6) is 0.856. The molecule has 2 heterocycles. The molecule has 2 aromatic carbocycles. The summed E-state index contributed by atoms with van der Waals surface area (Å²) in [6.45, 7) is 2.55. The maximum Gasteiger partial charge on any atom is 0.251 e. The number of carbonyl (C=O) groups excluding carboxylic acids is 1. The molecule has 0 aliphatic carbocycles. The van der Waals surface area contributed by atoms with Crippen molar-refractivity contribution in [3.05, 3.63) is 77.1 Å². The smallest absolute Gasteiger partial charge is 0.251 e. The molecule has 0 spiro atoms. The fourth-order valence-corrected chi connectivity index (χ4v) is 3.43. The minimum atomic E-state index is -0.109. The highest BCUT2D eigenvalue weighted by molar-refractivity contribution is 6.30. The Kier molecular flexibility index (Phi) is 5.53. The minimum Gasteiger partial charge on any atom is -0.357 e. The number of anilines is 1. The summed E-state index contributed by atoms with van der Waals surface area (Å²) in [6.07, 6.45) is 4.02. The van der Waals surface area contributed by atoms with Gasteiger partial charge in [-0.25, -0.2) is 9.97 Å². The Labute approximate surface area is 169 Å². The molecule has 1 fully saturated rings. The second-order valence-electron chi connectivity index (χ2n) is 6.84. The molecular weight excluding hydrogens is 372 g/mol. The quantitative estimate of drug-likeness (QED) is 0.702. The van der Waals surface area contributed by atoms with E-state index >= 15 is 0 Å². The number of carbonyl (C=O) groups is 1. The fraction of sp³-hybridized carbons (Fsp3) is 0.227. The molecule has 1 amide bonds. The monoisotopic (exact) mass is 392 g/mol. The van der Waals surface area contributed by atoms with Crippen molar-refractivity contribution in [2.75, 3.05) is 18.0 Å². The molecule has 4 rings (SSSR count). The van der Waals surface area contributed by atoms with Gasteiger partial charge in [-0.15, -0.1) is 0 Å². The lowest BCUT2D eigenvalue weighted by Crippen LogP contribution is -2.22. The van der Waals surface area contributed by atoms with Gasteiger partial charge in [0.1, 0.15) is 12.1 Å². The van der Waals surface area contributed by atoms with Crippen LogP contribution in [0, 0.1) is 0 Å². The van der Waals surface area contributed by atoms with E-state index in [1.807, 2.05) is 54.6 Å². The van der Waals surface area contributed by atoms with Crippen LogP contribution in [0.5, 0.6) is 0 Å². The van der Waals surface area contributed by atoms with Gasteiger partial charge in [0.05, 0.1) is 5.69 Å². The average molecular weight is 393 g/mol. The lowest BCUT2D eigenvalue weighted by molar-refractivity contribution is 0.0951. The van der Waals surface area contributed by atoms with E-state index in [2.05, 4.69) is 20.2 Å². The number of nitrogens with zero attached hydrogens (tertiary/aromatic N) is 3. The molecule has 1 aliphatic rings. The van der Waals surface area contributed by atoms with E-state index in [0.717, 1.165) is 35.7 Å². The standard InChI is InChI=1S/C22H21ClN4O/c23-19-9-3-16(4-10-19)14-24-22(28)18-7-5-17(6-8-18)20-13-21(26-15-25-20)27-11-1-2-12-27/h3-10,13,15H,1-2,11-12,14H2,(H,24,28). The van der Waals surface area contributed by atoms with Crippen molar-refractivity contribution >= 4 is 23.3 Å². The molecule has 6 heteroatoms. The van der Waals surface area contributed by atoms with E-state index in [4.69, 9.17) is 11.6 Å². The zero-order valence-corrected chi connectivity index (χ0v) is 16.2. The molecule has 28 heavy (non-hydrogen) atoms. The van der Waals surface area contributed by atoms with Gasteiger partial charge in [0, 0.05) is 41.9 Å². The van der Waals surface area contributed by atoms with Crippen molar-refractivity contribution in [2.24, 2.45) is 0 Å². The third-order valence-corrected chi connectivity index (χ3v) is 5.14. The lowest BCUT2D eigenvalue weighted by atomic mass is 10.1. The van der Waals surface area contributed by atoms with Crippen molar-refractivity contribution < 1.29 is 4.79 Å². The lowest BCUT2D eigenvalue weighted by Gasteiger charge is -2.16. The molecule has 1 aromatic heterocycles. The first-order valence-electron chi connectivity index (χ1n) is 9.39. The molecule has 1 aliphatic heterocycles. The van der Waals surface area contributed by atoms with Gasteiger partial charge >= 0.3 is 0 Å². The molecule has 5 nitrogen and oxygen atoms in total. The molecule has 1 N–H and O–H groups in total. The molecule has 0 bridgehead atoms. The van der Waals surface area contributed by atoms with Crippen LogP contribution in [-0.4, -0.2) is 29.0 Å². The zero-order valence-electron chi connectivity index (χ0n) is 15.4. The number of aromatic nitrogens is 2. The topological polar surface area (TPSA) is 58.1 Å². The van der Waals surface area contributed by atoms with Crippen molar-refractivity contribution in [2.45, 2.75) is 19.4 Å². The number of benzene rings is 2. The summed E-state index contributed by atoms with van der Waals surface area (Å²) in [5, 5.41) is 3.61. The van der Waals surface area contributed by atoms with Crippen molar-refractivity contribution in [1.82, 2.24) is 15.3 Å². The van der Waals surface area contributed by atoms with E-state index in [-0.39, 0.29) is 5.91 Å². The molecular formula is C22H21ClN4O. The number of rotatable bonds is 5. The Morgan fingerprint density at radius 1 is 1.00 bits per heavy atom. The SMILES string of the molecule is O=C(NCc1ccc(Cl)cc1)c1ccc(-c2cc(N3CCCC3)ncn2)cc1. The van der Waals surface area contributed by atoms with Crippen molar-refractivity contribution in [3.8, 4) is 11.3 Å². The summed E-state index contributed by atoms with van der Waals surface area (Å²) in [4.78, 5) is 23.5. The maximum absolute atomic E-state index is 12.4. The number of hydrogen-bond donors (Lipinski definition) is 1. The average Bonchev–Trinajstić information content (AvgIpc) is 3.28. The van der Waals surface area contributed by atoms with Crippen LogP contribution >= 0.6 is 11.6 Å². The highest BCUT2D eigenvalue weighted by Gasteiger charge is 2.14. The van der Waals surface area contributed by atoms with Gasteiger partial charge in [0.2, 0.25) is 0 Å². The molecule has 3 aromatic rings. The number of nitrogens with one attached hydrogen (secondary N) is 1. The third kappa shape index (κ3) is 4.31. The first kappa shape index (κ1) is 18.4. The van der Waals surface area contributed by atoms with E-state index in [1.54, 1.807) is 6.33 Å². The Morgan fingerprint density at radius 2 is 1.71 bits per heavy atom. The largest absolute Gasteiger partial charge is 0.357 e. The molecule has 0 saturated carbocycles. The number of amides is 1. The summed E-state index contributed by atoms with van der Waals surface area (Å²) in [5.41, 5.74) is 3.46. The van der Waals surface area contributed by atoms with Gasteiger partial charge in [-0.3, -0.25) is 4.79 Å². The number of hydrogen-bond acceptors (Lipinski definition) is 4. The predicted octanol–water partition coefficient (Wildman–Crippen LogP) is 4.33. The summed E-state index contributed by atoms with van der Waals surface area (Å²) < 4.78 is 0. The summed E-state index contributed by atoms with van der Waals surface area (Å²) in [7, 11) is 0. The third-order valence-electron chi connectivity index (χ3n) is 4.89. The minimum absolute atomic E-state index is 0.109. The van der Waals surface area contributed by atoms with Gasteiger partial charge in [-0.1, -0.05) is 35.9 Å². The summed E-state index contributed by atoms with van der Waals surface area (Å²) in [6, 6.07) is 16.9. The normalized spacial score (nSPS) is 13.5. The van der Waals surface area contributed by atoms with Crippen LogP contribution in [0.3, 0.4) is 0 Å². The maximum atomic E-state index is 12.4. The Hall–Kier alpha value is -2.92.